The third-order valence-corrected chi connectivity index (χ3v) is 3.23. The van der Waals surface area contributed by atoms with Crippen molar-refractivity contribution in [2.45, 2.75) is 0 Å². The molecule has 0 amide bonds. The van der Waals surface area contributed by atoms with Crippen LogP contribution in [0.1, 0.15) is 0 Å². The number of halogens is 1. The van der Waals surface area contributed by atoms with E-state index in [9.17, 15) is 0 Å². The second kappa shape index (κ2) is 3.54. The first-order chi connectivity index (χ1) is 7.75. The Morgan fingerprint density at radius 2 is 2.25 bits per heavy atom. The Kier molecular flexibility index (Phi) is 2.15. The van der Waals surface area contributed by atoms with Crippen LogP contribution in [0.5, 0.6) is 11.5 Å². The van der Waals surface area contributed by atoms with Crippen molar-refractivity contribution in [2.75, 3.05) is 12.5 Å². The lowest BCUT2D eigenvalue weighted by Crippen LogP contribution is -1.93. The first kappa shape index (κ1) is 9.74. The molecular formula is C10H7ClN2O2S. The molecule has 0 unspecified atom stereocenters. The van der Waals surface area contributed by atoms with E-state index in [1.807, 2.05) is 6.07 Å². The zero-order valence-corrected chi connectivity index (χ0v) is 9.64. The highest BCUT2D eigenvalue weighted by atomic mass is 35.5. The second-order valence-corrected chi connectivity index (χ2v) is 4.55. The molecule has 0 atom stereocenters. The zero-order valence-electron chi connectivity index (χ0n) is 8.07. The molecule has 1 aromatic heterocycles. The molecule has 0 fully saturated rings. The van der Waals surface area contributed by atoms with Gasteiger partial charge < -0.3 is 15.2 Å². The number of nitrogens with zero attached hydrogens (tertiary/aromatic N) is 1. The van der Waals surface area contributed by atoms with Crippen LogP contribution in [0.4, 0.5) is 5.00 Å². The van der Waals surface area contributed by atoms with Gasteiger partial charge in [-0.15, -0.1) is 11.3 Å². The number of thiazole rings is 1. The maximum absolute atomic E-state index is 6.07. The minimum Gasteiger partial charge on any atom is -0.454 e. The fourth-order valence-electron chi connectivity index (χ4n) is 1.58. The van der Waals surface area contributed by atoms with Gasteiger partial charge in [0.05, 0.1) is 10.5 Å². The van der Waals surface area contributed by atoms with Gasteiger partial charge in [0.2, 0.25) is 6.79 Å². The Morgan fingerprint density at radius 1 is 1.38 bits per heavy atom. The highest BCUT2D eigenvalue weighted by Gasteiger charge is 2.20. The Balaban J connectivity index is 2.17. The van der Waals surface area contributed by atoms with E-state index < -0.39 is 0 Å². The standard InChI is InChI=1S/C10H7ClN2O2S/c11-6-1-5(8-10(12)16-3-13-8)2-7-9(6)15-4-14-7/h1-3H,4,12H2. The van der Waals surface area contributed by atoms with Crippen molar-refractivity contribution in [3.63, 3.8) is 0 Å². The Labute approximate surface area is 101 Å². The summed E-state index contributed by atoms with van der Waals surface area (Å²) in [6, 6.07) is 3.61. The van der Waals surface area contributed by atoms with Gasteiger partial charge in [-0.05, 0) is 12.1 Å². The normalized spacial score (nSPS) is 13.1. The molecule has 0 saturated carbocycles. The van der Waals surface area contributed by atoms with Gasteiger partial charge in [-0.1, -0.05) is 11.6 Å². The highest BCUT2D eigenvalue weighted by Crippen LogP contribution is 2.43. The lowest BCUT2D eigenvalue weighted by atomic mass is 10.1. The first-order valence-electron chi connectivity index (χ1n) is 4.54. The van der Waals surface area contributed by atoms with Crippen LogP contribution in [0, 0.1) is 0 Å². The summed E-state index contributed by atoms with van der Waals surface area (Å²) >= 11 is 7.46. The number of rotatable bonds is 1. The van der Waals surface area contributed by atoms with Crippen LogP contribution < -0.4 is 15.2 Å². The van der Waals surface area contributed by atoms with Gasteiger partial charge in [0.25, 0.3) is 0 Å². The van der Waals surface area contributed by atoms with E-state index in [2.05, 4.69) is 4.98 Å². The van der Waals surface area contributed by atoms with Gasteiger partial charge >= 0.3 is 0 Å². The quantitative estimate of drug-likeness (QED) is 0.850. The van der Waals surface area contributed by atoms with Crippen molar-refractivity contribution in [2.24, 2.45) is 0 Å². The predicted molar refractivity (Wildman–Crippen MR) is 63.1 cm³/mol. The van der Waals surface area contributed by atoms with Crippen molar-refractivity contribution in [1.29, 1.82) is 0 Å². The summed E-state index contributed by atoms with van der Waals surface area (Å²) in [6.07, 6.45) is 0. The summed E-state index contributed by atoms with van der Waals surface area (Å²) < 4.78 is 10.5. The molecule has 0 spiro atoms. The fraction of sp³-hybridized carbons (Fsp3) is 0.100. The van der Waals surface area contributed by atoms with Crippen LogP contribution in [-0.2, 0) is 0 Å². The van der Waals surface area contributed by atoms with E-state index in [1.54, 1.807) is 11.6 Å². The minimum absolute atomic E-state index is 0.199. The molecule has 2 N–H and O–H groups in total. The summed E-state index contributed by atoms with van der Waals surface area (Å²) in [5.74, 6) is 1.22. The van der Waals surface area contributed by atoms with E-state index in [-0.39, 0.29) is 6.79 Å². The van der Waals surface area contributed by atoms with Crippen molar-refractivity contribution < 1.29 is 9.47 Å². The lowest BCUT2D eigenvalue weighted by Gasteiger charge is -2.03. The molecule has 0 aliphatic carbocycles. The predicted octanol–water partition coefficient (Wildman–Crippen LogP) is 2.77. The largest absolute Gasteiger partial charge is 0.454 e. The Morgan fingerprint density at radius 3 is 3.00 bits per heavy atom. The molecule has 16 heavy (non-hydrogen) atoms. The molecule has 0 bridgehead atoms. The van der Waals surface area contributed by atoms with Crippen molar-refractivity contribution in [3.05, 3.63) is 22.7 Å². The maximum atomic E-state index is 6.07. The molecule has 2 aromatic rings. The average Bonchev–Trinajstić information content (AvgIpc) is 2.85. The summed E-state index contributed by atoms with van der Waals surface area (Å²) in [5.41, 5.74) is 9.07. The van der Waals surface area contributed by atoms with Gasteiger partial charge in [0, 0.05) is 5.56 Å². The van der Waals surface area contributed by atoms with Gasteiger partial charge in [-0.3, -0.25) is 0 Å². The van der Waals surface area contributed by atoms with E-state index in [0.717, 1.165) is 11.3 Å². The number of anilines is 1. The van der Waals surface area contributed by atoms with E-state index in [0.29, 0.717) is 21.5 Å². The molecule has 0 radical (unpaired) electrons. The molecule has 1 aromatic carbocycles. The van der Waals surface area contributed by atoms with E-state index in [1.165, 1.54) is 11.3 Å². The van der Waals surface area contributed by atoms with Gasteiger partial charge in [0.1, 0.15) is 10.7 Å². The molecule has 3 rings (SSSR count). The zero-order chi connectivity index (χ0) is 11.1. The Bertz CT molecular complexity index is 556. The number of nitrogens with two attached hydrogens (primary N) is 1. The van der Waals surface area contributed by atoms with Crippen LogP contribution in [0.3, 0.4) is 0 Å². The molecule has 82 valence electrons. The smallest absolute Gasteiger partial charge is 0.231 e. The van der Waals surface area contributed by atoms with Crippen LogP contribution in [0.25, 0.3) is 11.3 Å². The molecule has 2 heterocycles. The number of hydrogen-bond acceptors (Lipinski definition) is 5. The third-order valence-electron chi connectivity index (χ3n) is 2.30. The maximum Gasteiger partial charge on any atom is 0.231 e. The first-order valence-corrected chi connectivity index (χ1v) is 5.80. The Hall–Kier alpha value is -1.46. The SMILES string of the molecule is Nc1scnc1-c1cc(Cl)c2c(c1)OCO2. The molecule has 4 nitrogen and oxygen atoms in total. The summed E-state index contributed by atoms with van der Waals surface area (Å²) in [5, 5.41) is 1.17. The van der Waals surface area contributed by atoms with Gasteiger partial charge in [-0.2, -0.15) is 0 Å². The molecule has 1 aliphatic rings. The summed E-state index contributed by atoms with van der Waals surface area (Å²) in [7, 11) is 0. The van der Waals surface area contributed by atoms with Crippen molar-refractivity contribution in [3.8, 4) is 22.8 Å². The van der Waals surface area contributed by atoms with Crippen LogP contribution >= 0.6 is 22.9 Å². The van der Waals surface area contributed by atoms with Crippen LogP contribution in [-0.4, -0.2) is 11.8 Å². The third kappa shape index (κ3) is 1.40. The van der Waals surface area contributed by atoms with Crippen LogP contribution in [0.15, 0.2) is 17.6 Å². The number of ether oxygens (including phenoxy) is 2. The average molecular weight is 255 g/mol. The minimum atomic E-state index is 0.199. The van der Waals surface area contributed by atoms with Crippen molar-refractivity contribution in [1.82, 2.24) is 4.98 Å². The highest BCUT2D eigenvalue weighted by molar-refractivity contribution is 7.14. The number of benzene rings is 1. The van der Waals surface area contributed by atoms with E-state index >= 15 is 0 Å². The second-order valence-electron chi connectivity index (χ2n) is 3.26. The molecule has 1 aliphatic heterocycles. The number of nitrogen functional groups attached to an aromatic ring is 1. The fourth-order valence-corrected chi connectivity index (χ4v) is 2.40. The topological polar surface area (TPSA) is 57.4 Å². The lowest BCUT2D eigenvalue weighted by molar-refractivity contribution is 0.174. The van der Waals surface area contributed by atoms with E-state index in [4.69, 9.17) is 26.8 Å². The molecule has 6 heteroatoms. The number of hydrogen-bond donors (Lipinski definition) is 1. The molecule has 0 saturated heterocycles. The van der Waals surface area contributed by atoms with Crippen LogP contribution in [0.2, 0.25) is 5.02 Å². The number of fused-ring (bicyclic) bond motifs is 1. The number of aromatic nitrogens is 1. The monoisotopic (exact) mass is 254 g/mol. The van der Waals surface area contributed by atoms with Crippen molar-refractivity contribution >= 4 is 27.9 Å². The van der Waals surface area contributed by atoms with Gasteiger partial charge in [-0.25, -0.2) is 4.98 Å². The summed E-state index contributed by atoms with van der Waals surface area (Å²) in [6.45, 7) is 0.199. The molecular weight excluding hydrogens is 248 g/mol. The summed E-state index contributed by atoms with van der Waals surface area (Å²) in [4.78, 5) is 4.19. The van der Waals surface area contributed by atoms with Gasteiger partial charge in [0.15, 0.2) is 11.5 Å².